The maximum Gasteiger partial charge on any atom is 1.00 e. The predicted octanol–water partition coefficient (Wildman–Crippen LogP) is -0.519. The van der Waals surface area contributed by atoms with Gasteiger partial charge in [0.2, 0.25) is 5.78 Å². The Hall–Kier alpha value is -4.14. The third-order valence-electron chi connectivity index (χ3n) is 7.76. The van der Waals surface area contributed by atoms with Crippen LogP contribution in [0.1, 0.15) is 0 Å². The topological polar surface area (TPSA) is 252 Å². The molecule has 53 heavy (non-hydrogen) atoms. The first-order valence-electron chi connectivity index (χ1n) is 14.8. The van der Waals surface area contributed by atoms with Crippen LogP contribution in [0.3, 0.4) is 0 Å². The molecule has 0 heterocycles. The number of carbonyl (C=O) groups excluding carboxylic acids is 1. The zero-order valence-corrected chi connectivity index (χ0v) is 33.7. The van der Waals surface area contributed by atoms with E-state index in [1.807, 2.05) is 12.1 Å². The van der Waals surface area contributed by atoms with Gasteiger partial charge < -0.3 is 19.9 Å². The third kappa shape index (κ3) is 9.15. The molecule has 0 aliphatic heterocycles. The van der Waals surface area contributed by atoms with Crippen molar-refractivity contribution in [1.82, 2.24) is 0 Å². The molecule has 0 aromatic heterocycles. The Labute approximate surface area is 348 Å². The molecule has 4 aromatic rings. The Balaban J connectivity index is 0.00000314. The monoisotopic (exact) mass is 769 g/mol. The SMILES string of the molecule is NC1=C2C(=O)C(N=Nc3ccccc3)(S(=O)(=O)[O-])C=CC2=CC(S(=O)(=O)[O-])/C1=N\Nc1ccc(-c2ccc(N=Nc3ccc(O)cc3)cc2)cc1.[Na+].[Na+]. The number of allylic oxidation sites excluding steroid dienone is 3. The van der Waals surface area contributed by atoms with Crippen molar-refractivity contribution in [1.29, 1.82) is 0 Å². The summed E-state index contributed by atoms with van der Waals surface area (Å²) >= 11 is 0. The summed E-state index contributed by atoms with van der Waals surface area (Å²) in [6.45, 7) is 0. The fraction of sp³-hybridized carbons (Fsp3) is 0.0588. The second-order valence-electron chi connectivity index (χ2n) is 11.1. The number of hydrogen-bond donors (Lipinski definition) is 3. The van der Waals surface area contributed by atoms with Crippen molar-refractivity contribution in [2.24, 2.45) is 31.3 Å². The number of phenols is 1. The van der Waals surface area contributed by atoms with Crippen LogP contribution in [0.5, 0.6) is 5.75 Å². The molecule has 4 N–H and O–H groups in total. The van der Waals surface area contributed by atoms with Gasteiger partial charge in [0.25, 0.3) is 4.87 Å². The molecule has 0 radical (unpaired) electrons. The third-order valence-corrected chi connectivity index (χ3v) is 9.91. The van der Waals surface area contributed by atoms with Crippen LogP contribution in [0, 0.1) is 0 Å². The van der Waals surface area contributed by atoms with Gasteiger partial charge in [0.15, 0.2) is 0 Å². The molecule has 258 valence electrons. The van der Waals surface area contributed by atoms with Gasteiger partial charge in [-0.2, -0.15) is 25.6 Å². The first kappa shape index (κ1) is 41.6. The van der Waals surface area contributed by atoms with E-state index in [1.54, 1.807) is 66.7 Å². The summed E-state index contributed by atoms with van der Waals surface area (Å²) in [5.41, 5.74) is 10.1. The number of ketones is 1. The average molecular weight is 770 g/mol. The van der Waals surface area contributed by atoms with Crippen LogP contribution >= 0.6 is 0 Å². The molecule has 2 aliphatic carbocycles. The van der Waals surface area contributed by atoms with Gasteiger partial charge >= 0.3 is 59.1 Å². The molecule has 0 saturated heterocycles. The minimum absolute atomic E-state index is 0. The number of anilines is 1. The number of phenolic OH excluding ortho intramolecular Hbond substituents is 1. The summed E-state index contributed by atoms with van der Waals surface area (Å²) in [7, 11) is -10.7. The number of nitrogens with one attached hydrogen (secondary N) is 1. The fourth-order valence-corrected chi connectivity index (χ4v) is 6.60. The van der Waals surface area contributed by atoms with Gasteiger partial charge in [0, 0.05) is 0 Å². The normalized spacial score (nSPS) is 19.4. The van der Waals surface area contributed by atoms with Gasteiger partial charge in [-0.3, -0.25) is 10.2 Å². The fourth-order valence-electron chi connectivity index (χ4n) is 5.13. The zero-order valence-electron chi connectivity index (χ0n) is 28.1. The molecular weight excluding hydrogens is 745 g/mol. The Morgan fingerprint density at radius 1 is 0.736 bits per heavy atom. The smallest absolute Gasteiger partial charge is 0.747 e. The number of hydrogen-bond acceptors (Lipinski definition) is 15. The van der Waals surface area contributed by atoms with Crippen LogP contribution in [-0.4, -0.2) is 52.7 Å². The first-order valence-corrected chi connectivity index (χ1v) is 17.7. The van der Waals surface area contributed by atoms with Crippen LogP contribution in [0.15, 0.2) is 164 Å². The molecule has 0 bridgehead atoms. The molecule has 2 aliphatic rings. The Morgan fingerprint density at radius 2 is 1.26 bits per heavy atom. The molecule has 15 nitrogen and oxygen atoms in total. The molecule has 0 fully saturated rings. The van der Waals surface area contributed by atoms with Crippen LogP contribution in [-0.2, 0) is 25.0 Å². The molecule has 19 heteroatoms. The number of aromatic hydroxyl groups is 1. The first-order chi connectivity index (χ1) is 24.2. The van der Waals surface area contributed by atoms with Crippen molar-refractivity contribution in [2.75, 3.05) is 5.43 Å². The number of Topliss-reactive ketones (excluding diaryl/α,β-unsaturated/α-hetero) is 1. The summed E-state index contributed by atoms with van der Waals surface area (Å²) in [5.74, 6) is -1.27. The van der Waals surface area contributed by atoms with Crippen molar-refractivity contribution in [3.63, 3.8) is 0 Å². The number of nitrogens with two attached hydrogens (primary N) is 1. The van der Waals surface area contributed by atoms with E-state index in [2.05, 4.69) is 31.0 Å². The predicted molar refractivity (Wildman–Crippen MR) is 186 cm³/mol. The van der Waals surface area contributed by atoms with Crippen molar-refractivity contribution in [3.8, 4) is 16.9 Å². The molecule has 0 amide bonds. The van der Waals surface area contributed by atoms with Crippen molar-refractivity contribution < 1.29 is 95.0 Å². The summed E-state index contributed by atoms with van der Waals surface area (Å²) in [5, 5.41) is 27.2. The van der Waals surface area contributed by atoms with Gasteiger partial charge in [0.05, 0.1) is 34.0 Å². The number of rotatable bonds is 9. The van der Waals surface area contributed by atoms with E-state index < -0.39 is 53.1 Å². The second-order valence-corrected chi connectivity index (χ2v) is 14.1. The molecule has 0 spiro atoms. The van der Waals surface area contributed by atoms with Crippen LogP contribution in [0.25, 0.3) is 11.1 Å². The molecule has 4 aromatic carbocycles. The van der Waals surface area contributed by atoms with Gasteiger partial charge in [-0.25, -0.2) is 16.8 Å². The quantitative estimate of drug-likeness (QED) is 0.0850. The maximum absolute atomic E-state index is 13.8. The summed E-state index contributed by atoms with van der Waals surface area (Å²) in [6, 6.07) is 27.9. The van der Waals surface area contributed by atoms with E-state index >= 15 is 0 Å². The van der Waals surface area contributed by atoms with Gasteiger partial charge in [0.1, 0.15) is 36.9 Å². The Morgan fingerprint density at radius 3 is 1.81 bits per heavy atom. The van der Waals surface area contributed by atoms with Crippen LogP contribution in [0.4, 0.5) is 22.7 Å². The Bertz CT molecular complexity index is 2420. The zero-order chi connectivity index (χ0) is 36.4. The van der Waals surface area contributed by atoms with E-state index in [0.29, 0.717) is 23.1 Å². The van der Waals surface area contributed by atoms with E-state index in [4.69, 9.17) is 5.73 Å². The minimum Gasteiger partial charge on any atom is -0.747 e. The van der Waals surface area contributed by atoms with Crippen molar-refractivity contribution >= 4 is 54.5 Å². The van der Waals surface area contributed by atoms with E-state index in [-0.39, 0.29) is 76.1 Å². The van der Waals surface area contributed by atoms with E-state index in [1.165, 1.54) is 24.3 Å². The number of carbonyl (C=O) groups is 1. The largest absolute Gasteiger partial charge is 1.00 e. The molecular formula is C34H25N7Na2O8S2. The molecule has 2 unspecified atom stereocenters. The number of hydrazone groups is 1. The number of fused-ring (bicyclic) bond motifs is 1. The summed E-state index contributed by atoms with van der Waals surface area (Å²) in [6.07, 6.45) is 2.56. The number of nitrogens with zero attached hydrogens (tertiary/aromatic N) is 5. The van der Waals surface area contributed by atoms with E-state index in [9.17, 15) is 35.8 Å². The summed E-state index contributed by atoms with van der Waals surface area (Å²) in [4.78, 5) is 10.7. The van der Waals surface area contributed by atoms with Gasteiger partial charge in [-0.05, 0) is 83.4 Å². The Kier molecular flexibility index (Phi) is 13.3. The molecule has 6 rings (SSSR count). The van der Waals surface area contributed by atoms with Gasteiger partial charge in [-0.1, -0.05) is 54.6 Å². The van der Waals surface area contributed by atoms with Crippen molar-refractivity contribution in [2.45, 2.75) is 10.1 Å². The standard InChI is InChI=1S/C34H27N7O8S2.2Na/c35-31-30-23(18-19-34(33(30)43,51(47,48)49)41-39-24-4-2-1-3-5-24)20-29(50(44,45)46)32(31)40-38-26-12-8-22(9-13-26)21-6-10-25(11-7-21)36-37-27-14-16-28(42)17-15-27;;/h1-20,29,38,42H,35H2,(H,44,45,46)(H,47,48,49);;/q;2*+1/p-2/b37-36?,40-32+,41-39?;;. The van der Waals surface area contributed by atoms with Crippen LogP contribution in [0.2, 0.25) is 0 Å². The van der Waals surface area contributed by atoms with Crippen molar-refractivity contribution in [3.05, 3.63) is 138 Å². The van der Waals surface area contributed by atoms with E-state index in [0.717, 1.165) is 23.3 Å². The minimum atomic E-state index is -5.56. The second kappa shape index (κ2) is 16.9. The van der Waals surface area contributed by atoms with Gasteiger partial charge in [-0.15, -0.1) is 0 Å². The average Bonchev–Trinajstić information content (AvgIpc) is 3.10. The number of benzene rings is 4. The molecule has 2 atom stereocenters. The summed E-state index contributed by atoms with van der Waals surface area (Å²) < 4.78 is 74.5. The number of azo groups is 2. The van der Waals surface area contributed by atoms with Crippen LogP contribution < -0.4 is 70.3 Å². The molecule has 0 saturated carbocycles. The maximum atomic E-state index is 13.8.